The Labute approximate surface area is 126 Å². The number of nitrogens with one attached hydrogen (secondary N) is 1. The van der Waals surface area contributed by atoms with Gasteiger partial charge in [-0.15, -0.1) is 11.3 Å². The molecule has 0 fully saturated rings. The lowest BCUT2D eigenvalue weighted by Crippen LogP contribution is -2.26. The largest absolute Gasteiger partial charge is 0.454 e. The average molecular weight is 304 g/mol. The van der Waals surface area contributed by atoms with Crippen molar-refractivity contribution in [3.8, 4) is 11.5 Å². The van der Waals surface area contributed by atoms with Gasteiger partial charge in [0.15, 0.2) is 11.5 Å². The maximum atomic E-state index is 12.4. The van der Waals surface area contributed by atoms with E-state index in [-0.39, 0.29) is 18.7 Å². The van der Waals surface area contributed by atoms with E-state index in [2.05, 4.69) is 5.32 Å². The van der Waals surface area contributed by atoms with Crippen molar-refractivity contribution in [3.63, 3.8) is 0 Å². The third-order valence-corrected chi connectivity index (χ3v) is 4.51. The molecule has 0 radical (unpaired) electrons. The molecule has 1 amide bonds. The standard InChI is InChI=1S/C15H16N2O3S/c1-8-3-4-14(21-8)9(2)17-15(18)10-5-12-13(6-11(10)16)20-7-19-12/h3-6,9H,7,16H2,1-2H3,(H,17,18). The highest BCUT2D eigenvalue weighted by Gasteiger charge is 2.21. The third kappa shape index (κ3) is 2.67. The molecule has 2 aromatic rings. The van der Waals surface area contributed by atoms with Gasteiger partial charge in [-0.1, -0.05) is 0 Å². The minimum atomic E-state index is -0.218. The van der Waals surface area contributed by atoms with E-state index in [1.54, 1.807) is 23.5 Å². The number of ether oxygens (including phenoxy) is 2. The first-order chi connectivity index (χ1) is 10.0. The van der Waals surface area contributed by atoms with E-state index in [9.17, 15) is 4.79 Å². The van der Waals surface area contributed by atoms with Crippen LogP contribution in [0.1, 0.15) is 33.1 Å². The molecule has 1 aliphatic rings. The fourth-order valence-corrected chi connectivity index (χ4v) is 3.07. The van der Waals surface area contributed by atoms with E-state index >= 15 is 0 Å². The number of hydrogen-bond donors (Lipinski definition) is 2. The Morgan fingerprint density at radius 3 is 2.71 bits per heavy atom. The van der Waals surface area contributed by atoms with Gasteiger partial charge in [0, 0.05) is 21.5 Å². The Morgan fingerprint density at radius 1 is 1.33 bits per heavy atom. The highest BCUT2D eigenvalue weighted by molar-refractivity contribution is 7.12. The molecule has 21 heavy (non-hydrogen) atoms. The van der Waals surface area contributed by atoms with Crippen LogP contribution < -0.4 is 20.5 Å². The second-order valence-corrected chi connectivity index (χ2v) is 6.26. The molecule has 1 atom stereocenters. The summed E-state index contributed by atoms with van der Waals surface area (Å²) in [5.74, 6) is 0.907. The van der Waals surface area contributed by atoms with Crippen molar-refractivity contribution in [1.82, 2.24) is 5.32 Å². The molecule has 1 unspecified atom stereocenters. The Morgan fingerprint density at radius 2 is 2.05 bits per heavy atom. The molecule has 2 heterocycles. The van der Waals surface area contributed by atoms with Crippen LogP contribution >= 0.6 is 11.3 Å². The Bertz CT molecular complexity index is 696. The SMILES string of the molecule is Cc1ccc(C(C)NC(=O)c2cc3c(cc2N)OCO3)s1. The van der Waals surface area contributed by atoms with E-state index in [0.29, 0.717) is 22.7 Å². The minimum Gasteiger partial charge on any atom is -0.454 e. The maximum Gasteiger partial charge on any atom is 0.254 e. The van der Waals surface area contributed by atoms with Gasteiger partial charge in [0.2, 0.25) is 6.79 Å². The molecule has 110 valence electrons. The molecule has 1 aliphatic heterocycles. The first-order valence-corrected chi connectivity index (χ1v) is 7.42. The number of amides is 1. The number of carbonyl (C=O) groups excluding carboxylic acids is 1. The highest BCUT2D eigenvalue weighted by atomic mass is 32.1. The fraction of sp³-hybridized carbons (Fsp3) is 0.267. The van der Waals surface area contributed by atoms with Crippen LogP contribution in [0.3, 0.4) is 0 Å². The Balaban J connectivity index is 1.79. The molecule has 0 saturated heterocycles. The minimum absolute atomic E-state index is 0.0685. The molecular formula is C15H16N2O3S. The van der Waals surface area contributed by atoms with Crippen LogP contribution in [0.15, 0.2) is 24.3 Å². The van der Waals surface area contributed by atoms with Gasteiger partial charge >= 0.3 is 0 Å². The molecule has 3 rings (SSSR count). The summed E-state index contributed by atoms with van der Waals surface area (Å²) in [7, 11) is 0. The number of thiophene rings is 1. The lowest BCUT2D eigenvalue weighted by Gasteiger charge is -2.13. The summed E-state index contributed by atoms with van der Waals surface area (Å²) in [6, 6.07) is 7.24. The molecule has 1 aromatic carbocycles. The van der Waals surface area contributed by atoms with E-state index in [4.69, 9.17) is 15.2 Å². The fourth-order valence-electron chi connectivity index (χ4n) is 2.19. The molecule has 0 spiro atoms. The van der Waals surface area contributed by atoms with E-state index < -0.39 is 0 Å². The van der Waals surface area contributed by atoms with Gasteiger partial charge in [-0.3, -0.25) is 4.79 Å². The highest BCUT2D eigenvalue weighted by Crippen LogP contribution is 2.36. The van der Waals surface area contributed by atoms with Gasteiger partial charge in [-0.25, -0.2) is 0 Å². The van der Waals surface area contributed by atoms with Crippen molar-refractivity contribution in [2.75, 3.05) is 12.5 Å². The van der Waals surface area contributed by atoms with Crippen LogP contribution in [0.4, 0.5) is 5.69 Å². The molecule has 0 saturated carbocycles. The number of benzene rings is 1. The topological polar surface area (TPSA) is 73.6 Å². The zero-order valence-corrected chi connectivity index (χ0v) is 12.6. The van der Waals surface area contributed by atoms with Crippen LogP contribution in [0.25, 0.3) is 0 Å². The Hall–Kier alpha value is -2.21. The second kappa shape index (κ2) is 5.29. The molecule has 1 aromatic heterocycles. The summed E-state index contributed by atoms with van der Waals surface area (Å²) in [4.78, 5) is 14.7. The molecule has 0 bridgehead atoms. The lowest BCUT2D eigenvalue weighted by atomic mass is 10.1. The predicted octanol–water partition coefficient (Wildman–Crippen LogP) is 2.86. The van der Waals surface area contributed by atoms with Gasteiger partial charge in [0.25, 0.3) is 5.91 Å². The van der Waals surface area contributed by atoms with Crippen molar-refractivity contribution < 1.29 is 14.3 Å². The normalized spacial score (nSPS) is 14.0. The number of aryl methyl sites for hydroxylation is 1. The van der Waals surface area contributed by atoms with Crippen molar-refractivity contribution in [2.24, 2.45) is 0 Å². The summed E-state index contributed by atoms with van der Waals surface area (Å²) in [5, 5.41) is 2.95. The maximum absolute atomic E-state index is 12.4. The average Bonchev–Trinajstić information content (AvgIpc) is 3.05. The Kier molecular flexibility index (Phi) is 3.47. The predicted molar refractivity (Wildman–Crippen MR) is 81.9 cm³/mol. The number of anilines is 1. The van der Waals surface area contributed by atoms with Crippen molar-refractivity contribution in [2.45, 2.75) is 19.9 Å². The monoisotopic (exact) mass is 304 g/mol. The molecular weight excluding hydrogens is 288 g/mol. The number of carbonyl (C=O) groups is 1. The van der Waals surface area contributed by atoms with Crippen molar-refractivity contribution >= 4 is 22.9 Å². The number of hydrogen-bond acceptors (Lipinski definition) is 5. The van der Waals surface area contributed by atoms with Crippen LogP contribution in [0.5, 0.6) is 11.5 Å². The van der Waals surface area contributed by atoms with Crippen LogP contribution in [-0.4, -0.2) is 12.7 Å². The zero-order valence-electron chi connectivity index (χ0n) is 11.8. The van der Waals surface area contributed by atoms with Crippen LogP contribution in [0, 0.1) is 6.92 Å². The van der Waals surface area contributed by atoms with Crippen LogP contribution in [0.2, 0.25) is 0 Å². The number of nitrogens with two attached hydrogens (primary N) is 1. The summed E-state index contributed by atoms with van der Waals surface area (Å²) in [6.45, 7) is 4.15. The first kappa shape index (κ1) is 13.8. The molecule has 6 heteroatoms. The zero-order chi connectivity index (χ0) is 15.0. The second-order valence-electron chi connectivity index (χ2n) is 4.94. The summed E-state index contributed by atoms with van der Waals surface area (Å²) in [5.41, 5.74) is 6.70. The third-order valence-electron chi connectivity index (χ3n) is 3.32. The summed E-state index contributed by atoms with van der Waals surface area (Å²) >= 11 is 1.67. The lowest BCUT2D eigenvalue weighted by molar-refractivity contribution is 0.0941. The van der Waals surface area contributed by atoms with Gasteiger partial charge in [-0.05, 0) is 32.0 Å². The summed E-state index contributed by atoms with van der Waals surface area (Å²) < 4.78 is 10.5. The number of nitrogen functional groups attached to an aromatic ring is 1. The van der Waals surface area contributed by atoms with E-state index in [1.807, 2.05) is 26.0 Å². The van der Waals surface area contributed by atoms with Gasteiger partial charge < -0.3 is 20.5 Å². The van der Waals surface area contributed by atoms with Gasteiger partial charge in [0.1, 0.15) is 0 Å². The quantitative estimate of drug-likeness (QED) is 0.855. The van der Waals surface area contributed by atoms with Gasteiger partial charge in [0.05, 0.1) is 11.6 Å². The van der Waals surface area contributed by atoms with Crippen LogP contribution in [-0.2, 0) is 0 Å². The first-order valence-electron chi connectivity index (χ1n) is 6.61. The molecule has 5 nitrogen and oxygen atoms in total. The summed E-state index contributed by atoms with van der Waals surface area (Å²) in [6.07, 6.45) is 0. The smallest absolute Gasteiger partial charge is 0.254 e. The van der Waals surface area contributed by atoms with Crippen molar-refractivity contribution in [1.29, 1.82) is 0 Å². The molecule has 3 N–H and O–H groups in total. The number of fused-ring (bicyclic) bond motifs is 1. The number of rotatable bonds is 3. The van der Waals surface area contributed by atoms with E-state index in [1.165, 1.54) is 4.88 Å². The van der Waals surface area contributed by atoms with Gasteiger partial charge in [-0.2, -0.15) is 0 Å². The van der Waals surface area contributed by atoms with Crippen molar-refractivity contribution in [3.05, 3.63) is 39.6 Å². The van der Waals surface area contributed by atoms with E-state index in [0.717, 1.165) is 4.88 Å². The molecule has 0 aliphatic carbocycles.